The third-order valence-corrected chi connectivity index (χ3v) is 3.91. The predicted octanol–water partition coefficient (Wildman–Crippen LogP) is 3.33. The lowest BCUT2D eigenvalue weighted by atomic mass is 10.1. The smallest absolute Gasteiger partial charge is 0.387 e. The van der Waals surface area contributed by atoms with Crippen LogP contribution in [-0.2, 0) is 0 Å². The third-order valence-electron chi connectivity index (χ3n) is 3.91. The summed E-state index contributed by atoms with van der Waals surface area (Å²) in [4.78, 5) is 14.4. The monoisotopic (exact) mass is 364 g/mol. The number of benzene rings is 2. The fourth-order valence-electron chi connectivity index (χ4n) is 2.57. The van der Waals surface area contributed by atoms with E-state index in [0.29, 0.717) is 12.1 Å². The SMILES string of the molecule is COc1cc(C(=O)NCC(c2ccccc2)N(C)C)ccc1OC(F)F. The summed E-state index contributed by atoms with van der Waals surface area (Å²) in [5.74, 6) is -0.366. The van der Waals surface area contributed by atoms with Crippen LogP contribution in [0.15, 0.2) is 48.5 Å². The van der Waals surface area contributed by atoms with Gasteiger partial charge in [-0.25, -0.2) is 0 Å². The van der Waals surface area contributed by atoms with Crippen molar-refractivity contribution in [2.45, 2.75) is 12.7 Å². The summed E-state index contributed by atoms with van der Waals surface area (Å²) < 4.78 is 34.1. The van der Waals surface area contributed by atoms with Gasteiger partial charge >= 0.3 is 6.61 Å². The Hall–Kier alpha value is -2.67. The molecule has 0 aromatic heterocycles. The number of ether oxygens (including phenoxy) is 2. The first kappa shape index (κ1) is 19.7. The first-order chi connectivity index (χ1) is 12.4. The lowest BCUT2D eigenvalue weighted by molar-refractivity contribution is -0.0512. The fraction of sp³-hybridized carbons (Fsp3) is 0.316. The molecule has 0 radical (unpaired) electrons. The van der Waals surface area contributed by atoms with Crippen LogP contribution in [0, 0.1) is 0 Å². The van der Waals surface area contributed by atoms with Crippen LogP contribution in [0.25, 0.3) is 0 Å². The van der Waals surface area contributed by atoms with Gasteiger partial charge in [0.05, 0.1) is 13.2 Å². The molecular formula is C19H22F2N2O3. The molecule has 0 aliphatic heterocycles. The molecule has 7 heteroatoms. The molecule has 2 aromatic rings. The molecule has 0 heterocycles. The summed E-state index contributed by atoms with van der Waals surface area (Å²) in [7, 11) is 5.19. The van der Waals surface area contributed by atoms with E-state index in [2.05, 4.69) is 10.1 Å². The van der Waals surface area contributed by atoms with Crippen LogP contribution in [-0.4, -0.2) is 45.2 Å². The van der Waals surface area contributed by atoms with Crippen molar-refractivity contribution >= 4 is 5.91 Å². The van der Waals surface area contributed by atoms with Crippen molar-refractivity contribution in [3.63, 3.8) is 0 Å². The van der Waals surface area contributed by atoms with Crippen LogP contribution < -0.4 is 14.8 Å². The van der Waals surface area contributed by atoms with E-state index in [1.54, 1.807) is 0 Å². The highest BCUT2D eigenvalue weighted by Gasteiger charge is 2.17. The van der Waals surface area contributed by atoms with Gasteiger partial charge in [0, 0.05) is 12.1 Å². The Morgan fingerprint density at radius 3 is 2.38 bits per heavy atom. The predicted molar refractivity (Wildman–Crippen MR) is 94.8 cm³/mol. The van der Waals surface area contributed by atoms with Crippen molar-refractivity contribution in [1.82, 2.24) is 10.2 Å². The molecular weight excluding hydrogens is 342 g/mol. The van der Waals surface area contributed by atoms with E-state index >= 15 is 0 Å². The summed E-state index contributed by atoms with van der Waals surface area (Å²) in [6, 6.07) is 13.9. The number of alkyl halides is 2. The number of hydrogen-bond acceptors (Lipinski definition) is 4. The van der Waals surface area contributed by atoms with Gasteiger partial charge in [-0.1, -0.05) is 30.3 Å². The minimum absolute atomic E-state index is 0.00323. The maximum Gasteiger partial charge on any atom is 0.387 e. The van der Waals surface area contributed by atoms with E-state index in [0.717, 1.165) is 5.56 Å². The summed E-state index contributed by atoms with van der Waals surface area (Å²) in [6.45, 7) is -2.57. The summed E-state index contributed by atoms with van der Waals surface area (Å²) >= 11 is 0. The molecule has 1 atom stereocenters. The van der Waals surface area contributed by atoms with Gasteiger partial charge in [0.15, 0.2) is 11.5 Å². The van der Waals surface area contributed by atoms with Gasteiger partial charge in [-0.3, -0.25) is 4.79 Å². The molecule has 0 spiro atoms. The normalized spacial score (nSPS) is 12.1. The molecule has 0 saturated heterocycles. The maximum absolute atomic E-state index is 12.4. The summed E-state index contributed by atoms with van der Waals surface area (Å²) in [5.41, 5.74) is 1.38. The number of likely N-dealkylation sites (N-methyl/N-ethyl adjacent to an activating group) is 1. The van der Waals surface area contributed by atoms with E-state index in [1.165, 1.54) is 25.3 Å². The van der Waals surface area contributed by atoms with Crippen molar-refractivity contribution in [1.29, 1.82) is 0 Å². The van der Waals surface area contributed by atoms with E-state index < -0.39 is 6.61 Å². The van der Waals surface area contributed by atoms with Crippen LogP contribution in [0.4, 0.5) is 8.78 Å². The van der Waals surface area contributed by atoms with Crippen LogP contribution in [0.1, 0.15) is 22.0 Å². The van der Waals surface area contributed by atoms with Crippen molar-refractivity contribution in [3.8, 4) is 11.5 Å². The average molecular weight is 364 g/mol. The molecule has 0 aliphatic carbocycles. The first-order valence-electron chi connectivity index (χ1n) is 8.04. The molecule has 5 nitrogen and oxygen atoms in total. The van der Waals surface area contributed by atoms with Gasteiger partial charge in [0.1, 0.15) is 0 Å². The number of nitrogens with one attached hydrogen (secondary N) is 1. The van der Waals surface area contributed by atoms with Crippen LogP contribution >= 0.6 is 0 Å². The number of halogens is 2. The summed E-state index contributed by atoms with van der Waals surface area (Å²) in [6.07, 6.45) is 0. The van der Waals surface area contributed by atoms with Gasteiger partial charge in [0.25, 0.3) is 5.91 Å². The molecule has 0 aliphatic rings. The van der Waals surface area contributed by atoms with Crippen LogP contribution in [0.3, 0.4) is 0 Å². The molecule has 140 valence electrons. The van der Waals surface area contributed by atoms with E-state index in [4.69, 9.17) is 4.74 Å². The van der Waals surface area contributed by atoms with Crippen molar-refractivity contribution in [2.24, 2.45) is 0 Å². The Kier molecular flexibility index (Phi) is 6.91. The van der Waals surface area contributed by atoms with Crippen molar-refractivity contribution in [2.75, 3.05) is 27.7 Å². The Morgan fingerprint density at radius 1 is 1.12 bits per heavy atom. The Morgan fingerprint density at radius 2 is 1.81 bits per heavy atom. The zero-order chi connectivity index (χ0) is 19.1. The van der Waals surface area contributed by atoms with Gasteiger partial charge in [0.2, 0.25) is 0 Å². The topological polar surface area (TPSA) is 50.8 Å². The number of methoxy groups -OCH3 is 1. The van der Waals surface area contributed by atoms with Crippen LogP contribution in [0.2, 0.25) is 0 Å². The van der Waals surface area contributed by atoms with Crippen molar-refractivity contribution < 1.29 is 23.0 Å². The molecule has 1 unspecified atom stereocenters. The first-order valence-corrected chi connectivity index (χ1v) is 8.04. The zero-order valence-corrected chi connectivity index (χ0v) is 14.9. The highest BCUT2D eigenvalue weighted by Crippen LogP contribution is 2.29. The zero-order valence-electron chi connectivity index (χ0n) is 14.9. The van der Waals surface area contributed by atoms with E-state index in [-0.39, 0.29) is 23.4 Å². The van der Waals surface area contributed by atoms with Gasteiger partial charge in [-0.15, -0.1) is 0 Å². The molecule has 0 saturated carbocycles. The number of hydrogen-bond donors (Lipinski definition) is 1. The molecule has 0 bridgehead atoms. The van der Waals surface area contributed by atoms with Gasteiger partial charge < -0.3 is 19.7 Å². The standard InChI is InChI=1S/C19H22F2N2O3/c1-23(2)15(13-7-5-4-6-8-13)12-22-18(24)14-9-10-16(26-19(20)21)17(11-14)25-3/h4-11,15,19H,12H2,1-3H3,(H,22,24). The second kappa shape index (κ2) is 9.15. The quantitative estimate of drug-likeness (QED) is 0.781. The number of carbonyl (C=O) groups is 1. The van der Waals surface area contributed by atoms with Gasteiger partial charge in [-0.05, 0) is 37.9 Å². The fourth-order valence-corrected chi connectivity index (χ4v) is 2.57. The van der Waals surface area contributed by atoms with Crippen molar-refractivity contribution in [3.05, 3.63) is 59.7 Å². The largest absolute Gasteiger partial charge is 0.493 e. The molecule has 1 amide bonds. The minimum atomic E-state index is -2.96. The Labute approximate surface area is 151 Å². The van der Waals surface area contributed by atoms with E-state index in [1.807, 2.05) is 49.3 Å². The minimum Gasteiger partial charge on any atom is -0.493 e. The summed E-state index contributed by atoms with van der Waals surface area (Å²) in [5, 5.41) is 2.87. The highest BCUT2D eigenvalue weighted by atomic mass is 19.3. The van der Waals surface area contributed by atoms with Crippen LogP contribution in [0.5, 0.6) is 11.5 Å². The molecule has 26 heavy (non-hydrogen) atoms. The average Bonchev–Trinajstić information content (AvgIpc) is 2.62. The number of amides is 1. The van der Waals surface area contributed by atoms with Gasteiger partial charge in [-0.2, -0.15) is 8.78 Å². The Bertz CT molecular complexity index is 724. The molecule has 0 fully saturated rings. The highest BCUT2D eigenvalue weighted by molar-refractivity contribution is 5.94. The molecule has 2 aromatic carbocycles. The second-order valence-corrected chi connectivity index (χ2v) is 5.84. The number of nitrogens with zero attached hydrogens (tertiary/aromatic N) is 1. The Balaban J connectivity index is 2.09. The second-order valence-electron chi connectivity index (χ2n) is 5.84. The molecule has 1 N–H and O–H groups in total. The maximum atomic E-state index is 12.4. The molecule has 2 rings (SSSR count). The lowest BCUT2D eigenvalue weighted by Crippen LogP contribution is -2.34. The lowest BCUT2D eigenvalue weighted by Gasteiger charge is -2.25. The number of rotatable bonds is 8. The number of carbonyl (C=O) groups excluding carboxylic acids is 1. The third kappa shape index (κ3) is 5.16. The van der Waals surface area contributed by atoms with E-state index in [9.17, 15) is 13.6 Å².